The second kappa shape index (κ2) is 9.39. The van der Waals surface area contributed by atoms with Crippen LogP contribution in [0.4, 0.5) is 11.8 Å². The fourth-order valence-corrected chi connectivity index (χ4v) is 4.57. The van der Waals surface area contributed by atoms with Crippen molar-refractivity contribution in [2.24, 2.45) is 0 Å². The molecule has 7 nitrogen and oxygen atoms in total. The van der Waals surface area contributed by atoms with E-state index >= 15 is 0 Å². The average molecular weight is 471 g/mol. The molecule has 8 heteroatoms. The summed E-state index contributed by atoms with van der Waals surface area (Å²) >= 11 is 6.06. The van der Waals surface area contributed by atoms with E-state index in [2.05, 4.69) is 61.9 Å². The van der Waals surface area contributed by atoms with Crippen molar-refractivity contribution in [2.45, 2.75) is 52.6 Å². The summed E-state index contributed by atoms with van der Waals surface area (Å²) in [5, 5.41) is 16.2. The highest BCUT2D eigenvalue weighted by atomic mass is 35.5. The lowest BCUT2D eigenvalue weighted by Gasteiger charge is -2.34. The average Bonchev–Trinajstić information content (AvgIpc) is 3.12. The largest absolute Gasteiger partial charge is 0.493 e. The van der Waals surface area contributed by atoms with Crippen molar-refractivity contribution in [1.29, 1.82) is 0 Å². The Morgan fingerprint density at radius 2 is 1.76 bits per heavy atom. The van der Waals surface area contributed by atoms with Crippen LogP contribution in [0.2, 0.25) is 5.02 Å². The molecule has 178 valence electrons. The molecule has 1 saturated heterocycles. The summed E-state index contributed by atoms with van der Waals surface area (Å²) in [7, 11) is 0. The first kappa shape index (κ1) is 23.6. The van der Waals surface area contributed by atoms with E-state index in [4.69, 9.17) is 21.6 Å². The number of nitrogens with zero attached hydrogens (tertiary/aromatic N) is 5. The Balaban J connectivity index is 1.70. The first-order valence-corrected chi connectivity index (χ1v) is 12.2. The van der Waals surface area contributed by atoms with Crippen LogP contribution in [-0.4, -0.2) is 62.8 Å². The Bertz CT molecular complexity index is 1100. The van der Waals surface area contributed by atoms with Crippen LogP contribution in [0.25, 0.3) is 10.9 Å². The van der Waals surface area contributed by atoms with Crippen molar-refractivity contribution >= 4 is 34.3 Å². The molecule has 0 atom stereocenters. The Kier molecular flexibility index (Phi) is 6.73. The highest BCUT2D eigenvalue weighted by molar-refractivity contribution is 6.30. The SMILES string of the molecule is CCN1CCN(c2nc(NC(C)(C)Cc3ccc(Cl)cc3)c3cn(C(C)C)c(O)c3n2)CC1. The van der Waals surface area contributed by atoms with E-state index in [9.17, 15) is 5.11 Å². The molecule has 3 aromatic rings. The first-order chi connectivity index (χ1) is 15.7. The van der Waals surface area contributed by atoms with E-state index in [1.807, 2.05) is 22.9 Å². The van der Waals surface area contributed by atoms with E-state index in [-0.39, 0.29) is 17.5 Å². The number of nitrogens with one attached hydrogen (secondary N) is 1. The highest BCUT2D eigenvalue weighted by Gasteiger charge is 2.26. The number of hydrogen-bond donors (Lipinski definition) is 2. The number of halogens is 1. The molecular formula is C25H35ClN6O. The fraction of sp³-hybridized carbons (Fsp3) is 0.520. The second-order valence-electron chi connectivity index (χ2n) is 9.82. The predicted octanol–water partition coefficient (Wildman–Crippen LogP) is 4.95. The standard InChI is InChI=1S/C25H35ClN6O/c1-6-30-11-13-31(14-12-30)24-27-21-20(16-32(17(2)3)23(21)33)22(28-24)29-25(4,5)15-18-7-9-19(26)10-8-18/h7-10,16-17,33H,6,11-15H2,1-5H3,(H,27,28,29). The summed E-state index contributed by atoms with van der Waals surface area (Å²) in [4.78, 5) is 14.4. The van der Waals surface area contributed by atoms with Gasteiger partial charge in [-0.2, -0.15) is 4.98 Å². The quantitative estimate of drug-likeness (QED) is 0.509. The van der Waals surface area contributed by atoms with Crippen molar-refractivity contribution in [1.82, 2.24) is 19.4 Å². The smallest absolute Gasteiger partial charge is 0.228 e. The number of fused-ring (bicyclic) bond motifs is 1. The molecule has 1 aliphatic rings. The molecule has 0 amide bonds. The lowest BCUT2D eigenvalue weighted by atomic mass is 9.95. The van der Waals surface area contributed by atoms with Gasteiger partial charge in [-0.05, 0) is 58.4 Å². The Hall–Kier alpha value is -2.51. The van der Waals surface area contributed by atoms with Crippen molar-refractivity contribution < 1.29 is 5.11 Å². The maximum atomic E-state index is 11.0. The molecule has 2 N–H and O–H groups in total. The Morgan fingerprint density at radius 3 is 2.36 bits per heavy atom. The van der Waals surface area contributed by atoms with E-state index in [1.165, 1.54) is 5.56 Å². The molecule has 1 aromatic carbocycles. The predicted molar refractivity (Wildman–Crippen MR) is 137 cm³/mol. The number of anilines is 2. The minimum absolute atomic E-state index is 0.116. The normalized spacial score (nSPS) is 15.5. The zero-order valence-electron chi connectivity index (χ0n) is 20.3. The van der Waals surface area contributed by atoms with Crippen molar-refractivity contribution in [3.8, 4) is 5.88 Å². The molecule has 4 rings (SSSR count). The van der Waals surface area contributed by atoms with E-state index in [1.54, 1.807) is 0 Å². The van der Waals surface area contributed by atoms with Crippen molar-refractivity contribution in [2.75, 3.05) is 42.9 Å². The molecule has 0 saturated carbocycles. The van der Waals surface area contributed by atoms with Gasteiger partial charge in [0.2, 0.25) is 11.8 Å². The summed E-state index contributed by atoms with van der Waals surface area (Å²) < 4.78 is 1.86. The number of aromatic nitrogens is 3. The molecule has 2 aromatic heterocycles. The summed E-state index contributed by atoms with van der Waals surface area (Å²) in [5.74, 6) is 1.61. The molecule has 0 aliphatic carbocycles. The summed E-state index contributed by atoms with van der Waals surface area (Å²) in [6.07, 6.45) is 2.76. The van der Waals surface area contributed by atoms with Gasteiger partial charge in [-0.15, -0.1) is 0 Å². The van der Waals surface area contributed by atoms with Gasteiger partial charge >= 0.3 is 0 Å². The van der Waals surface area contributed by atoms with Crippen LogP contribution in [0.15, 0.2) is 30.5 Å². The van der Waals surface area contributed by atoms with Gasteiger partial charge in [-0.1, -0.05) is 30.7 Å². The van der Waals surface area contributed by atoms with Gasteiger partial charge in [-0.25, -0.2) is 4.98 Å². The molecule has 0 radical (unpaired) electrons. The Morgan fingerprint density at radius 1 is 1.09 bits per heavy atom. The Labute approximate surface area is 201 Å². The van der Waals surface area contributed by atoms with Crippen molar-refractivity contribution in [3.05, 3.63) is 41.0 Å². The molecule has 0 unspecified atom stereocenters. The van der Waals surface area contributed by atoms with Crippen LogP contribution in [0.3, 0.4) is 0 Å². The van der Waals surface area contributed by atoms with Crippen LogP contribution < -0.4 is 10.2 Å². The molecular weight excluding hydrogens is 436 g/mol. The fourth-order valence-electron chi connectivity index (χ4n) is 4.44. The van der Waals surface area contributed by atoms with Crippen LogP contribution in [0.5, 0.6) is 5.88 Å². The number of benzene rings is 1. The maximum Gasteiger partial charge on any atom is 0.228 e. The lowest BCUT2D eigenvalue weighted by molar-refractivity contribution is 0.270. The maximum absolute atomic E-state index is 11.0. The van der Waals surface area contributed by atoms with Gasteiger partial charge < -0.3 is 24.8 Å². The molecule has 1 fully saturated rings. The molecule has 1 aliphatic heterocycles. The van der Waals surface area contributed by atoms with Crippen LogP contribution >= 0.6 is 11.6 Å². The summed E-state index contributed by atoms with van der Waals surface area (Å²) in [6.45, 7) is 15.4. The minimum Gasteiger partial charge on any atom is -0.493 e. The highest BCUT2D eigenvalue weighted by Crippen LogP contribution is 2.35. The number of rotatable bonds is 7. The minimum atomic E-state index is -0.275. The lowest BCUT2D eigenvalue weighted by Crippen LogP contribution is -2.46. The molecule has 33 heavy (non-hydrogen) atoms. The van der Waals surface area contributed by atoms with Gasteiger partial charge in [-0.3, -0.25) is 0 Å². The number of piperazine rings is 1. The van der Waals surface area contributed by atoms with E-state index in [0.29, 0.717) is 11.5 Å². The van der Waals surface area contributed by atoms with Crippen LogP contribution in [-0.2, 0) is 6.42 Å². The number of aromatic hydroxyl groups is 1. The molecule has 3 heterocycles. The zero-order valence-corrected chi connectivity index (χ0v) is 21.0. The van der Waals surface area contributed by atoms with Crippen LogP contribution in [0, 0.1) is 0 Å². The van der Waals surface area contributed by atoms with Gasteiger partial charge in [0.05, 0.1) is 5.39 Å². The van der Waals surface area contributed by atoms with Gasteiger partial charge in [0.25, 0.3) is 0 Å². The van der Waals surface area contributed by atoms with Crippen LogP contribution in [0.1, 0.15) is 46.2 Å². The van der Waals surface area contributed by atoms with Gasteiger partial charge in [0.15, 0.2) is 0 Å². The first-order valence-electron chi connectivity index (χ1n) is 11.8. The summed E-state index contributed by atoms with van der Waals surface area (Å²) in [6, 6.07) is 8.07. The number of likely N-dealkylation sites (N-methyl/N-ethyl adjacent to an activating group) is 1. The van der Waals surface area contributed by atoms with Gasteiger partial charge in [0, 0.05) is 49.0 Å². The third kappa shape index (κ3) is 5.20. The third-order valence-corrected chi connectivity index (χ3v) is 6.59. The van der Waals surface area contributed by atoms with Crippen molar-refractivity contribution in [3.63, 3.8) is 0 Å². The van der Waals surface area contributed by atoms with E-state index < -0.39 is 0 Å². The second-order valence-corrected chi connectivity index (χ2v) is 10.3. The third-order valence-electron chi connectivity index (χ3n) is 6.33. The number of hydrogen-bond acceptors (Lipinski definition) is 6. The topological polar surface area (TPSA) is 69.5 Å². The van der Waals surface area contributed by atoms with E-state index in [0.717, 1.165) is 55.4 Å². The van der Waals surface area contributed by atoms with Gasteiger partial charge in [0.1, 0.15) is 11.3 Å². The molecule has 0 bridgehead atoms. The molecule has 0 spiro atoms. The summed E-state index contributed by atoms with van der Waals surface area (Å²) in [5.41, 5.74) is 1.51. The zero-order chi connectivity index (χ0) is 23.8. The monoisotopic (exact) mass is 470 g/mol.